The maximum atomic E-state index is 13.3. The Morgan fingerprint density at radius 1 is 1.45 bits per heavy atom. The van der Waals surface area contributed by atoms with Gasteiger partial charge in [-0.15, -0.1) is 5.10 Å². The molecule has 20 heavy (non-hydrogen) atoms. The van der Waals surface area contributed by atoms with Crippen LogP contribution in [0.3, 0.4) is 0 Å². The summed E-state index contributed by atoms with van der Waals surface area (Å²) in [6.07, 6.45) is 0. The summed E-state index contributed by atoms with van der Waals surface area (Å²) in [4.78, 5) is 11.9. The minimum absolute atomic E-state index is 0.0560. The van der Waals surface area contributed by atoms with Crippen molar-refractivity contribution in [3.05, 3.63) is 57.6 Å². The summed E-state index contributed by atoms with van der Waals surface area (Å²) in [5, 5.41) is 3.99. The first-order chi connectivity index (χ1) is 9.51. The van der Waals surface area contributed by atoms with Gasteiger partial charge in [0.25, 0.3) is 5.56 Å². The Hall–Kier alpha value is -2.28. The standard InChI is InChI=1S/C13H12FN3O2S/c1-19-11-4-5-12(18)17(16-11)7-8-6-9(14)2-3-10(8)13(15)20/h2-6H,7H2,1H3,(H2,15,20). The van der Waals surface area contributed by atoms with Gasteiger partial charge in [0.2, 0.25) is 5.88 Å². The van der Waals surface area contributed by atoms with Gasteiger partial charge in [-0.2, -0.15) is 0 Å². The third-order valence-corrected chi connectivity index (χ3v) is 2.92. The van der Waals surface area contributed by atoms with Gasteiger partial charge in [0.1, 0.15) is 10.8 Å². The molecule has 2 aromatic rings. The Bertz CT molecular complexity index is 715. The molecular weight excluding hydrogens is 281 g/mol. The molecule has 1 heterocycles. The fourth-order valence-corrected chi connectivity index (χ4v) is 1.95. The topological polar surface area (TPSA) is 70.1 Å². The highest BCUT2D eigenvalue weighted by molar-refractivity contribution is 7.80. The van der Waals surface area contributed by atoms with E-state index in [4.69, 9.17) is 22.7 Å². The SMILES string of the molecule is COc1ccc(=O)n(Cc2cc(F)ccc2C(N)=S)n1. The van der Waals surface area contributed by atoms with E-state index in [0.29, 0.717) is 11.1 Å². The predicted molar refractivity (Wildman–Crippen MR) is 76.4 cm³/mol. The van der Waals surface area contributed by atoms with Crippen LogP contribution in [0, 0.1) is 5.82 Å². The number of aromatic nitrogens is 2. The summed E-state index contributed by atoms with van der Waals surface area (Å²) in [6, 6.07) is 6.81. The second-order valence-electron chi connectivity index (χ2n) is 4.04. The first-order valence-electron chi connectivity index (χ1n) is 5.71. The highest BCUT2D eigenvalue weighted by Crippen LogP contribution is 2.13. The van der Waals surface area contributed by atoms with Gasteiger partial charge in [0.05, 0.1) is 13.7 Å². The van der Waals surface area contributed by atoms with Gasteiger partial charge in [-0.05, 0) is 23.8 Å². The van der Waals surface area contributed by atoms with Crippen LogP contribution in [0.1, 0.15) is 11.1 Å². The molecule has 5 nitrogen and oxygen atoms in total. The molecule has 0 saturated carbocycles. The number of halogens is 1. The zero-order valence-electron chi connectivity index (χ0n) is 10.7. The van der Waals surface area contributed by atoms with E-state index in [1.165, 1.54) is 37.4 Å². The molecule has 0 unspecified atom stereocenters. The lowest BCUT2D eigenvalue weighted by Crippen LogP contribution is -2.24. The number of methoxy groups -OCH3 is 1. The van der Waals surface area contributed by atoms with Crippen molar-refractivity contribution in [1.29, 1.82) is 0 Å². The molecule has 1 aromatic heterocycles. The molecule has 7 heteroatoms. The van der Waals surface area contributed by atoms with Crippen LogP contribution in [0.5, 0.6) is 5.88 Å². The molecule has 1 aromatic carbocycles. The van der Waals surface area contributed by atoms with Crippen molar-refractivity contribution in [3.8, 4) is 5.88 Å². The van der Waals surface area contributed by atoms with E-state index < -0.39 is 5.82 Å². The first kappa shape index (κ1) is 14.1. The molecule has 0 amide bonds. The number of thiocarbonyl (C=S) groups is 1. The summed E-state index contributed by atoms with van der Waals surface area (Å²) >= 11 is 4.91. The second-order valence-corrected chi connectivity index (χ2v) is 4.48. The number of hydrogen-bond donors (Lipinski definition) is 1. The molecule has 2 rings (SSSR count). The second kappa shape index (κ2) is 5.79. The predicted octanol–water partition coefficient (Wildman–Crippen LogP) is 1.07. The van der Waals surface area contributed by atoms with Crippen molar-refractivity contribution < 1.29 is 9.13 Å². The van der Waals surface area contributed by atoms with E-state index >= 15 is 0 Å². The molecule has 0 aliphatic rings. The van der Waals surface area contributed by atoms with Crippen LogP contribution in [0.4, 0.5) is 4.39 Å². The molecule has 0 aliphatic carbocycles. The molecular formula is C13H12FN3O2S. The Kier molecular flexibility index (Phi) is 4.09. The van der Waals surface area contributed by atoms with Gasteiger partial charge in [-0.3, -0.25) is 4.79 Å². The fourth-order valence-electron chi connectivity index (χ4n) is 1.75. The smallest absolute Gasteiger partial charge is 0.267 e. The van der Waals surface area contributed by atoms with Crippen molar-refractivity contribution in [2.75, 3.05) is 7.11 Å². The van der Waals surface area contributed by atoms with Crippen molar-refractivity contribution in [2.24, 2.45) is 5.73 Å². The first-order valence-corrected chi connectivity index (χ1v) is 6.12. The van der Waals surface area contributed by atoms with Crippen LogP contribution in [-0.2, 0) is 6.54 Å². The Labute approximate surface area is 119 Å². The number of ether oxygens (including phenoxy) is 1. The highest BCUT2D eigenvalue weighted by Gasteiger charge is 2.09. The summed E-state index contributed by atoms with van der Waals surface area (Å²) < 4.78 is 19.5. The number of rotatable bonds is 4. The Morgan fingerprint density at radius 3 is 2.85 bits per heavy atom. The molecule has 0 saturated heterocycles. The fraction of sp³-hybridized carbons (Fsp3) is 0.154. The normalized spacial score (nSPS) is 10.3. The summed E-state index contributed by atoms with van der Waals surface area (Å²) in [5.74, 6) is -0.145. The highest BCUT2D eigenvalue weighted by atomic mass is 32.1. The summed E-state index contributed by atoms with van der Waals surface area (Å²) in [7, 11) is 1.44. The number of hydrogen-bond acceptors (Lipinski definition) is 4. The van der Waals surface area contributed by atoms with E-state index in [-0.39, 0.29) is 23.0 Å². The van der Waals surface area contributed by atoms with Crippen LogP contribution in [-0.4, -0.2) is 21.9 Å². The minimum Gasteiger partial charge on any atom is -0.480 e. The van der Waals surface area contributed by atoms with Crippen molar-refractivity contribution >= 4 is 17.2 Å². The zero-order valence-corrected chi connectivity index (χ0v) is 11.5. The van der Waals surface area contributed by atoms with Gasteiger partial charge >= 0.3 is 0 Å². The van der Waals surface area contributed by atoms with Crippen LogP contribution in [0.2, 0.25) is 0 Å². The number of nitrogens with two attached hydrogens (primary N) is 1. The monoisotopic (exact) mass is 293 g/mol. The van der Waals surface area contributed by atoms with Gasteiger partial charge in [0.15, 0.2) is 0 Å². The molecule has 2 N–H and O–H groups in total. The molecule has 0 spiro atoms. The lowest BCUT2D eigenvalue weighted by atomic mass is 10.1. The van der Waals surface area contributed by atoms with E-state index in [2.05, 4.69) is 5.10 Å². The largest absolute Gasteiger partial charge is 0.480 e. The van der Waals surface area contributed by atoms with Crippen molar-refractivity contribution in [1.82, 2.24) is 9.78 Å². The molecule has 104 valence electrons. The van der Waals surface area contributed by atoms with Crippen molar-refractivity contribution in [3.63, 3.8) is 0 Å². The van der Waals surface area contributed by atoms with E-state index in [9.17, 15) is 9.18 Å². The van der Waals surface area contributed by atoms with E-state index in [1.54, 1.807) is 0 Å². The molecule has 0 aliphatic heterocycles. The van der Waals surface area contributed by atoms with Gasteiger partial charge in [0, 0.05) is 17.7 Å². The van der Waals surface area contributed by atoms with E-state index in [0.717, 1.165) is 4.68 Å². The van der Waals surface area contributed by atoms with Gasteiger partial charge < -0.3 is 10.5 Å². The minimum atomic E-state index is -0.434. The maximum Gasteiger partial charge on any atom is 0.267 e. The lowest BCUT2D eigenvalue weighted by Gasteiger charge is -2.10. The summed E-state index contributed by atoms with van der Waals surface area (Å²) in [6.45, 7) is 0.0560. The van der Waals surface area contributed by atoms with Crippen LogP contribution < -0.4 is 16.0 Å². The maximum absolute atomic E-state index is 13.3. The lowest BCUT2D eigenvalue weighted by molar-refractivity contribution is 0.379. The average Bonchev–Trinajstić information content (AvgIpc) is 2.41. The quantitative estimate of drug-likeness (QED) is 0.854. The van der Waals surface area contributed by atoms with Crippen molar-refractivity contribution in [2.45, 2.75) is 6.54 Å². The molecule has 0 fully saturated rings. The van der Waals surface area contributed by atoms with Gasteiger partial charge in [-0.1, -0.05) is 12.2 Å². The molecule has 0 bridgehead atoms. The average molecular weight is 293 g/mol. The van der Waals surface area contributed by atoms with Crippen LogP contribution in [0.25, 0.3) is 0 Å². The van der Waals surface area contributed by atoms with Crippen LogP contribution in [0.15, 0.2) is 35.1 Å². The molecule has 0 radical (unpaired) electrons. The zero-order chi connectivity index (χ0) is 14.7. The Balaban J connectivity index is 2.46. The van der Waals surface area contributed by atoms with E-state index in [1.807, 2.05) is 0 Å². The third kappa shape index (κ3) is 3.00. The van der Waals surface area contributed by atoms with Gasteiger partial charge in [-0.25, -0.2) is 9.07 Å². The summed E-state index contributed by atoms with van der Waals surface area (Å²) in [5.41, 5.74) is 6.26. The third-order valence-electron chi connectivity index (χ3n) is 2.70. The number of nitrogens with zero attached hydrogens (tertiary/aromatic N) is 2. The number of benzene rings is 1. The van der Waals surface area contributed by atoms with Crippen LogP contribution >= 0.6 is 12.2 Å². The Morgan fingerprint density at radius 2 is 2.20 bits per heavy atom. The molecule has 0 atom stereocenters.